The highest BCUT2D eigenvalue weighted by Crippen LogP contribution is 2.56. The third-order valence-corrected chi connectivity index (χ3v) is 15.5. The van der Waals surface area contributed by atoms with Crippen LogP contribution >= 0.6 is 15.8 Å². The Morgan fingerprint density at radius 1 is 0.632 bits per heavy atom. The minimum atomic E-state index is -0.543. The van der Waals surface area contributed by atoms with Crippen LogP contribution in [0.15, 0.2) is 91.0 Å². The summed E-state index contributed by atoms with van der Waals surface area (Å²) in [6, 6.07) is 34.3. The van der Waals surface area contributed by atoms with Crippen LogP contribution in [0.5, 0.6) is 0 Å². The SMILES string of the molecule is C[C@H](NCCP(C1CCCCC1)C1CCCCC1)[C@H](c1ccccc1)P(c1ccccc1)c1ccccc1. The average Bonchev–Trinajstić information content (AvgIpc) is 3.00. The predicted octanol–water partition coefficient (Wildman–Crippen LogP) is 8.99. The zero-order chi connectivity index (χ0) is 26.0. The molecule has 0 bridgehead atoms. The Hall–Kier alpha value is -1.52. The largest absolute Gasteiger partial charge is 0.313 e. The summed E-state index contributed by atoms with van der Waals surface area (Å²) in [6.45, 7) is 3.64. The molecule has 2 aliphatic rings. The van der Waals surface area contributed by atoms with Crippen molar-refractivity contribution in [3.8, 4) is 0 Å². The molecule has 38 heavy (non-hydrogen) atoms. The van der Waals surface area contributed by atoms with Crippen LogP contribution in [-0.2, 0) is 0 Å². The number of nitrogens with one attached hydrogen (secondary N) is 1. The van der Waals surface area contributed by atoms with Gasteiger partial charge < -0.3 is 5.32 Å². The van der Waals surface area contributed by atoms with E-state index in [-0.39, 0.29) is 7.92 Å². The van der Waals surface area contributed by atoms with E-state index in [0.717, 1.165) is 11.3 Å². The van der Waals surface area contributed by atoms with Crippen LogP contribution in [0.2, 0.25) is 0 Å². The van der Waals surface area contributed by atoms with Gasteiger partial charge in [0, 0.05) is 11.7 Å². The van der Waals surface area contributed by atoms with E-state index in [4.69, 9.17) is 0 Å². The van der Waals surface area contributed by atoms with Gasteiger partial charge in [0.1, 0.15) is 0 Å². The highest BCUT2D eigenvalue weighted by atomic mass is 31.1. The molecule has 0 aliphatic heterocycles. The number of benzene rings is 3. The number of hydrogen-bond donors (Lipinski definition) is 1. The minimum absolute atomic E-state index is 0.139. The van der Waals surface area contributed by atoms with Crippen LogP contribution in [0.3, 0.4) is 0 Å². The summed E-state index contributed by atoms with van der Waals surface area (Å²) in [5.41, 5.74) is 3.98. The second kappa shape index (κ2) is 14.7. The molecule has 3 heteroatoms. The second-order valence-corrected chi connectivity index (χ2v) is 16.7. The van der Waals surface area contributed by atoms with Gasteiger partial charge in [-0.2, -0.15) is 0 Å². The first-order chi connectivity index (χ1) is 18.8. The van der Waals surface area contributed by atoms with Gasteiger partial charge in [0.2, 0.25) is 0 Å². The van der Waals surface area contributed by atoms with E-state index in [1.807, 2.05) is 0 Å². The molecule has 2 fully saturated rings. The van der Waals surface area contributed by atoms with Crippen molar-refractivity contribution in [2.24, 2.45) is 0 Å². The van der Waals surface area contributed by atoms with Crippen molar-refractivity contribution < 1.29 is 0 Å². The first-order valence-electron chi connectivity index (χ1n) is 15.2. The second-order valence-electron chi connectivity index (χ2n) is 11.5. The zero-order valence-electron chi connectivity index (χ0n) is 23.3. The van der Waals surface area contributed by atoms with E-state index in [1.165, 1.54) is 93.1 Å². The van der Waals surface area contributed by atoms with Gasteiger partial charge in [0.25, 0.3) is 0 Å². The van der Waals surface area contributed by atoms with Crippen molar-refractivity contribution >= 4 is 26.5 Å². The summed E-state index contributed by atoms with van der Waals surface area (Å²) >= 11 is 0. The number of rotatable bonds is 11. The maximum absolute atomic E-state index is 4.14. The fraction of sp³-hybridized carbons (Fsp3) is 0.486. The van der Waals surface area contributed by atoms with Crippen LogP contribution in [-0.4, -0.2) is 30.1 Å². The highest BCUT2D eigenvalue weighted by molar-refractivity contribution is 7.73. The van der Waals surface area contributed by atoms with E-state index in [1.54, 1.807) is 0 Å². The molecule has 0 spiro atoms. The molecular weight excluding hydrogens is 496 g/mol. The molecule has 3 aromatic carbocycles. The van der Waals surface area contributed by atoms with Crippen molar-refractivity contribution in [1.82, 2.24) is 5.32 Å². The van der Waals surface area contributed by atoms with E-state index in [9.17, 15) is 0 Å². The normalized spacial score (nSPS) is 19.0. The molecule has 0 radical (unpaired) electrons. The summed E-state index contributed by atoms with van der Waals surface area (Å²) in [6.07, 6.45) is 16.3. The summed E-state index contributed by atoms with van der Waals surface area (Å²) in [5, 5.41) is 7.09. The van der Waals surface area contributed by atoms with Crippen LogP contribution < -0.4 is 15.9 Å². The fourth-order valence-corrected chi connectivity index (χ4v) is 13.7. The molecule has 2 saturated carbocycles. The smallest absolute Gasteiger partial charge is 0.0273 e. The topological polar surface area (TPSA) is 12.0 Å². The Kier molecular flexibility index (Phi) is 10.9. The van der Waals surface area contributed by atoms with E-state index in [2.05, 4.69) is 103 Å². The molecule has 2 atom stereocenters. The predicted molar refractivity (Wildman–Crippen MR) is 171 cm³/mol. The van der Waals surface area contributed by atoms with Gasteiger partial charge in [-0.3, -0.25) is 0 Å². The molecule has 1 nitrogen and oxygen atoms in total. The minimum Gasteiger partial charge on any atom is -0.313 e. The van der Waals surface area contributed by atoms with Crippen molar-refractivity contribution in [2.75, 3.05) is 12.7 Å². The van der Waals surface area contributed by atoms with Gasteiger partial charge >= 0.3 is 0 Å². The van der Waals surface area contributed by atoms with Crippen molar-refractivity contribution in [3.63, 3.8) is 0 Å². The van der Waals surface area contributed by atoms with Crippen molar-refractivity contribution in [3.05, 3.63) is 96.6 Å². The molecule has 0 aromatic heterocycles. The van der Waals surface area contributed by atoms with Crippen LogP contribution in [0.4, 0.5) is 0 Å². The van der Waals surface area contributed by atoms with E-state index >= 15 is 0 Å². The Morgan fingerprint density at radius 3 is 1.55 bits per heavy atom. The molecular formula is C35H47NP2. The molecule has 3 aromatic rings. The molecule has 0 heterocycles. The lowest BCUT2D eigenvalue weighted by molar-refractivity contribution is 0.482. The maximum Gasteiger partial charge on any atom is 0.0273 e. The van der Waals surface area contributed by atoms with Gasteiger partial charge in [0.15, 0.2) is 0 Å². The van der Waals surface area contributed by atoms with Crippen molar-refractivity contribution in [1.29, 1.82) is 0 Å². The molecule has 202 valence electrons. The Labute approximate surface area is 234 Å². The van der Waals surface area contributed by atoms with Gasteiger partial charge in [-0.25, -0.2) is 0 Å². The van der Waals surface area contributed by atoms with Gasteiger partial charge in [0.05, 0.1) is 0 Å². The Balaban J connectivity index is 1.37. The summed E-state index contributed by atoms with van der Waals surface area (Å²) < 4.78 is 0. The fourth-order valence-electron chi connectivity index (χ4n) is 6.98. The van der Waals surface area contributed by atoms with Gasteiger partial charge in [-0.15, -0.1) is 0 Å². The van der Waals surface area contributed by atoms with Crippen molar-refractivity contribution in [2.45, 2.75) is 94.2 Å². The number of hydrogen-bond acceptors (Lipinski definition) is 1. The first kappa shape index (κ1) is 28.0. The molecule has 0 unspecified atom stereocenters. The first-order valence-corrected chi connectivity index (χ1v) is 18.3. The monoisotopic (exact) mass is 543 g/mol. The lowest BCUT2D eigenvalue weighted by atomic mass is 9.99. The maximum atomic E-state index is 4.14. The van der Waals surface area contributed by atoms with Gasteiger partial charge in [-0.1, -0.05) is 137 Å². The molecule has 0 saturated heterocycles. The zero-order valence-corrected chi connectivity index (χ0v) is 25.1. The lowest BCUT2D eigenvalue weighted by Crippen LogP contribution is -2.37. The highest BCUT2D eigenvalue weighted by Gasteiger charge is 2.33. The third-order valence-electron chi connectivity index (χ3n) is 8.89. The molecule has 5 rings (SSSR count). The van der Waals surface area contributed by atoms with E-state index < -0.39 is 7.92 Å². The molecule has 0 amide bonds. The molecule has 1 N–H and O–H groups in total. The average molecular weight is 544 g/mol. The van der Waals surface area contributed by atoms with Gasteiger partial charge in [-0.05, 0) is 80.7 Å². The van der Waals surface area contributed by atoms with Crippen LogP contribution in [0.25, 0.3) is 0 Å². The third kappa shape index (κ3) is 7.36. The Morgan fingerprint density at radius 2 is 1.08 bits per heavy atom. The summed E-state index contributed by atoms with van der Waals surface area (Å²) in [7, 11) is -0.405. The Bertz CT molecular complexity index is 988. The quantitative estimate of drug-likeness (QED) is 0.238. The lowest BCUT2D eigenvalue weighted by Gasteiger charge is -2.39. The van der Waals surface area contributed by atoms with E-state index in [0.29, 0.717) is 11.7 Å². The standard InChI is InChI=1S/C35H47NP2/c1-29(36-27-28-37(31-19-9-3-10-20-31)32-21-11-4-12-22-32)35(30-17-7-2-8-18-30)38(33-23-13-5-14-24-33)34-25-15-6-16-26-34/h2,5-8,13-18,23-26,29,31-32,35-36H,3-4,9-12,19-22,27-28H2,1H3/t29-,35+/m0/s1. The van der Waals surface area contributed by atoms with Crippen LogP contribution in [0.1, 0.15) is 82.4 Å². The summed E-state index contributed by atoms with van der Waals surface area (Å²) in [5.74, 6) is 0. The molecule has 2 aliphatic carbocycles. The van der Waals surface area contributed by atoms with Crippen LogP contribution in [0, 0.1) is 0 Å². The summed E-state index contributed by atoms with van der Waals surface area (Å²) in [4.78, 5) is 0.